The van der Waals surface area contributed by atoms with Gasteiger partial charge in [-0.1, -0.05) is 17.7 Å². The van der Waals surface area contributed by atoms with Crippen LogP contribution in [0.2, 0.25) is 0 Å². The average molecular weight is 256 g/mol. The minimum atomic E-state index is -0.234. The van der Waals surface area contributed by atoms with Crippen molar-refractivity contribution in [2.24, 2.45) is 5.10 Å². The van der Waals surface area contributed by atoms with E-state index < -0.39 is 0 Å². The minimum absolute atomic E-state index is 0.234. The average Bonchev–Trinajstić information content (AvgIpc) is 2.83. The monoisotopic (exact) mass is 256 g/mol. The number of nitrogens with zero attached hydrogens (tertiary/aromatic N) is 1. The molecule has 1 amide bonds. The van der Waals surface area contributed by atoms with Crippen LogP contribution < -0.4 is 5.43 Å². The number of hydrazone groups is 1. The Morgan fingerprint density at radius 1 is 1.11 bits per heavy atom. The number of aryl methyl sites for hydroxylation is 2. The Kier molecular flexibility index (Phi) is 3.80. The molecule has 1 N–H and O–H groups in total. The van der Waals surface area contributed by atoms with E-state index >= 15 is 0 Å². The van der Waals surface area contributed by atoms with Gasteiger partial charge in [0.15, 0.2) is 0 Å². The molecule has 1 aromatic heterocycles. The Morgan fingerprint density at radius 3 is 2.37 bits per heavy atom. The van der Waals surface area contributed by atoms with Crippen LogP contribution in [0.1, 0.15) is 34.4 Å². The second-order valence-corrected chi connectivity index (χ2v) is 4.41. The summed E-state index contributed by atoms with van der Waals surface area (Å²) in [5.41, 5.74) is 4.84. The third-order valence-corrected chi connectivity index (χ3v) is 2.74. The van der Waals surface area contributed by atoms with Crippen molar-refractivity contribution in [1.29, 1.82) is 0 Å². The van der Waals surface area contributed by atoms with Crippen molar-refractivity contribution in [2.45, 2.75) is 20.8 Å². The molecule has 0 saturated heterocycles. The summed E-state index contributed by atoms with van der Waals surface area (Å²) in [5, 5.41) is 4.03. The lowest BCUT2D eigenvalue weighted by molar-refractivity contribution is 0.0955. The molecule has 4 nitrogen and oxygen atoms in total. The molecule has 0 radical (unpaired) electrons. The van der Waals surface area contributed by atoms with Gasteiger partial charge in [0.25, 0.3) is 5.91 Å². The van der Waals surface area contributed by atoms with E-state index in [1.54, 1.807) is 19.1 Å². The lowest BCUT2D eigenvalue weighted by Gasteiger charge is -2.01. The third-order valence-electron chi connectivity index (χ3n) is 2.74. The standard InChI is InChI=1S/C15H16N2O2/c1-10-4-7-13(8-5-10)15(18)17-16-12(3)14-9-6-11(2)19-14/h4-9H,1-3H3,(H,17,18)/b16-12-. The highest BCUT2D eigenvalue weighted by atomic mass is 16.3. The summed E-state index contributed by atoms with van der Waals surface area (Å²) in [7, 11) is 0. The summed E-state index contributed by atoms with van der Waals surface area (Å²) in [4.78, 5) is 11.8. The second-order valence-electron chi connectivity index (χ2n) is 4.41. The van der Waals surface area contributed by atoms with Gasteiger partial charge in [-0.2, -0.15) is 5.10 Å². The number of nitrogens with one attached hydrogen (secondary N) is 1. The summed E-state index contributed by atoms with van der Waals surface area (Å²) in [5.74, 6) is 1.23. The lowest BCUT2D eigenvalue weighted by atomic mass is 10.1. The summed E-state index contributed by atoms with van der Waals surface area (Å²) in [6, 6.07) is 11.0. The zero-order valence-electron chi connectivity index (χ0n) is 11.2. The van der Waals surface area contributed by atoms with Gasteiger partial charge in [0.05, 0.1) is 0 Å². The molecule has 1 aromatic carbocycles. The molecule has 98 valence electrons. The maximum atomic E-state index is 11.8. The van der Waals surface area contributed by atoms with Crippen LogP contribution in [0.3, 0.4) is 0 Å². The Hall–Kier alpha value is -2.36. The SMILES string of the molecule is C/C(=N/NC(=O)c1ccc(C)cc1)c1ccc(C)o1. The second kappa shape index (κ2) is 5.52. The van der Waals surface area contributed by atoms with Gasteiger partial charge in [-0.25, -0.2) is 5.43 Å². The summed E-state index contributed by atoms with van der Waals surface area (Å²) >= 11 is 0. The first-order valence-electron chi connectivity index (χ1n) is 6.04. The first-order chi connectivity index (χ1) is 9.06. The highest BCUT2D eigenvalue weighted by Crippen LogP contribution is 2.07. The number of hydrogen-bond acceptors (Lipinski definition) is 3. The Morgan fingerprint density at radius 2 is 1.79 bits per heavy atom. The van der Waals surface area contributed by atoms with Gasteiger partial charge in [-0.15, -0.1) is 0 Å². The maximum Gasteiger partial charge on any atom is 0.271 e. The molecule has 0 atom stereocenters. The van der Waals surface area contributed by atoms with E-state index in [0.717, 1.165) is 11.3 Å². The normalized spacial score (nSPS) is 11.4. The fraction of sp³-hybridized carbons (Fsp3) is 0.200. The van der Waals surface area contributed by atoms with Crippen LogP contribution in [0.15, 0.2) is 45.9 Å². The van der Waals surface area contributed by atoms with Crippen molar-refractivity contribution in [3.63, 3.8) is 0 Å². The van der Waals surface area contributed by atoms with Crippen molar-refractivity contribution in [3.05, 3.63) is 59.0 Å². The van der Waals surface area contributed by atoms with Crippen LogP contribution in [-0.2, 0) is 0 Å². The lowest BCUT2D eigenvalue weighted by Crippen LogP contribution is -2.19. The summed E-state index contributed by atoms with van der Waals surface area (Å²) in [6.07, 6.45) is 0. The van der Waals surface area contributed by atoms with Gasteiger partial charge < -0.3 is 4.42 Å². The zero-order valence-corrected chi connectivity index (χ0v) is 11.2. The van der Waals surface area contributed by atoms with E-state index in [-0.39, 0.29) is 5.91 Å². The number of amides is 1. The fourth-order valence-corrected chi connectivity index (χ4v) is 1.59. The molecule has 0 fully saturated rings. The van der Waals surface area contributed by atoms with Gasteiger partial charge in [0, 0.05) is 5.56 Å². The molecule has 0 unspecified atom stereocenters. The maximum absolute atomic E-state index is 11.8. The van der Waals surface area contributed by atoms with Crippen LogP contribution in [0.4, 0.5) is 0 Å². The molecule has 0 bridgehead atoms. The van der Waals surface area contributed by atoms with Crippen molar-refractivity contribution in [1.82, 2.24) is 5.43 Å². The number of carbonyl (C=O) groups is 1. The molecule has 2 aromatic rings. The summed E-state index contributed by atoms with van der Waals surface area (Å²) in [6.45, 7) is 5.62. The molecule has 1 heterocycles. The van der Waals surface area contributed by atoms with E-state index in [1.807, 2.05) is 38.1 Å². The van der Waals surface area contributed by atoms with Gasteiger partial charge in [-0.05, 0) is 45.0 Å². The number of furan rings is 1. The van der Waals surface area contributed by atoms with E-state index in [9.17, 15) is 4.79 Å². The first-order valence-corrected chi connectivity index (χ1v) is 6.04. The van der Waals surface area contributed by atoms with Gasteiger partial charge >= 0.3 is 0 Å². The molecular weight excluding hydrogens is 240 g/mol. The minimum Gasteiger partial charge on any atom is -0.460 e. The Bertz CT molecular complexity index is 609. The van der Waals surface area contributed by atoms with Crippen molar-refractivity contribution in [3.8, 4) is 0 Å². The van der Waals surface area contributed by atoms with E-state index in [1.165, 1.54) is 0 Å². The number of carbonyl (C=O) groups excluding carboxylic acids is 1. The predicted molar refractivity (Wildman–Crippen MR) is 74.3 cm³/mol. The van der Waals surface area contributed by atoms with Crippen LogP contribution in [0.5, 0.6) is 0 Å². The highest BCUT2D eigenvalue weighted by Gasteiger charge is 2.06. The van der Waals surface area contributed by atoms with E-state index in [2.05, 4.69) is 10.5 Å². The summed E-state index contributed by atoms with van der Waals surface area (Å²) < 4.78 is 5.42. The van der Waals surface area contributed by atoms with Crippen molar-refractivity contribution >= 4 is 11.6 Å². The highest BCUT2D eigenvalue weighted by molar-refractivity contribution is 5.99. The molecule has 4 heteroatoms. The van der Waals surface area contributed by atoms with E-state index in [4.69, 9.17) is 4.42 Å². The third kappa shape index (κ3) is 3.31. The van der Waals surface area contributed by atoms with Crippen LogP contribution in [-0.4, -0.2) is 11.6 Å². The molecule has 0 saturated carbocycles. The fourth-order valence-electron chi connectivity index (χ4n) is 1.59. The Balaban J connectivity index is 2.05. The smallest absolute Gasteiger partial charge is 0.271 e. The van der Waals surface area contributed by atoms with Crippen LogP contribution in [0, 0.1) is 13.8 Å². The van der Waals surface area contributed by atoms with Gasteiger partial charge in [0.1, 0.15) is 17.2 Å². The molecule has 19 heavy (non-hydrogen) atoms. The van der Waals surface area contributed by atoms with E-state index in [0.29, 0.717) is 17.0 Å². The molecule has 0 aliphatic carbocycles. The molecular formula is C15H16N2O2. The number of benzene rings is 1. The van der Waals surface area contributed by atoms with Gasteiger partial charge in [0.2, 0.25) is 0 Å². The topological polar surface area (TPSA) is 54.6 Å². The van der Waals surface area contributed by atoms with Crippen molar-refractivity contribution in [2.75, 3.05) is 0 Å². The predicted octanol–water partition coefficient (Wildman–Crippen LogP) is 3.05. The largest absolute Gasteiger partial charge is 0.460 e. The Labute approximate surface area is 112 Å². The number of rotatable bonds is 3. The number of hydrogen-bond donors (Lipinski definition) is 1. The van der Waals surface area contributed by atoms with Gasteiger partial charge in [-0.3, -0.25) is 4.79 Å². The first kappa shape index (κ1) is 13.1. The van der Waals surface area contributed by atoms with Crippen LogP contribution >= 0.6 is 0 Å². The zero-order chi connectivity index (χ0) is 13.8. The molecule has 0 aliphatic heterocycles. The molecule has 0 spiro atoms. The quantitative estimate of drug-likeness (QED) is 0.677. The van der Waals surface area contributed by atoms with Crippen molar-refractivity contribution < 1.29 is 9.21 Å². The van der Waals surface area contributed by atoms with Crippen LogP contribution in [0.25, 0.3) is 0 Å². The molecule has 2 rings (SSSR count). The molecule has 0 aliphatic rings.